The number of hydrogen-bond donors (Lipinski definition) is 2. The van der Waals surface area contributed by atoms with Crippen LogP contribution in [0.3, 0.4) is 0 Å². The monoisotopic (exact) mass is 387 g/mol. The number of nitrogens with one attached hydrogen (secondary N) is 2. The molecule has 8 nitrogen and oxygen atoms in total. The van der Waals surface area contributed by atoms with Crippen LogP contribution in [0.1, 0.15) is 49.8 Å². The second-order valence-electron chi connectivity index (χ2n) is 7.50. The van der Waals surface area contributed by atoms with E-state index in [0.717, 1.165) is 35.1 Å². The molecule has 152 valence electrons. The largest absolute Gasteiger partial charge is 0.466 e. The van der Waals surface area contributed by atoms with E-state index in [0.29, 0.717) is 18.5 Å². The predicted molar refractivity (Wildman–Crippen MR) is 106 cm³/mol. The molecule has 1 saturated carbocycles. The first-order valence-corrected chi connectivity index (χ1v) is 9.94. The van der Waals surface area contributed by atoms with E-state index in [9.17, 15) is 9.59 Å². The lowest BCUT2D eigenvalue weighted by molar-refractivity contribution is -0.124. The first-order chi connectivity index (χ1) is 13.4. The van der Waals surface area contributed by atoms with Crippen LogP contribution in [0.2, 0.25) is 0 Å². The highest BCUT2D eigenvalue weighted by molar-refractivity contribution is 5.86. The van der Waals surface area contributed by atoms with Gasteiger partial charge in [0.05, 0.1) is 5.39 Å². The molecule has 2 aromatic heterocycles. The van der Waals surface area contributed by atoms with E-state index < -0.39 is 0 Å². The van der Waals surface area contributed by atoms with Crippen LogP contribution < -0.4 is 15.4 Å². The zero-order chi connectivity index (χ0) is 20.1. The van der Waals surface area contributed by atoms with Crippen LogP contribution in [0.4, 0.5) is 0 Å². The highest BCUT2D eigenvalue weighted by Gasteiger charge is 2.17. The van der Waals surface area contributed by atoms with Gasteiger partial charge in [-0.2, -0.15) is 0 Å². The number of amides is 2. The summed E-state index contributed by atoms with van der Waals surface area (Å²) in [5.74, 6) is 0.107. The van der Waals surface area contributed by atoms with E-state index in [2.05, 4.69) is 20.7 Å². The Hall–Kier alpha value is -2.64. The average Bonchev–Trinajstić information content (AvgIpc) is 2.97. The number of rotatable bonds is 7. The normalized spacial score (nSPS) is 14.8. The first-order valence-electron chi connectivity index (χ1n) is 9.94. The maximum Gasteiger partial charge on any atom is 0.258 e. The van der Waals surface area contributed by atoms with Crippen LogP contribution in [0.5, 0.6) is 5.88 Å². The summed E-state index contributed by atoms with van der Waals surface area (Å²) in [6.45, 7) is 4.04. The van der Waals surface area contributed by atoms with Crippen LogP contribution in [-0.2, 0) is 16.6 Å². The lowest BCUT2D eigenvalue weighted by Crippen LogP contribution is -2.38. The van der Waals surface area contributed by atoms with Crippen molar-refractivity contribution in [3.63, 3.8) is 0 Å². The van der Waals surface area contributed by atoms with Crippen molar-refractivity contribution in [2.45, 2.75) is 58.4 Å². The Bertz CT molecular complexity index is 855. The second-order valence-corrected chi connectivity index (χ2v) is 7.50. The van der Waals surface area contributed by atoms with Crippen LogP contribution in [-0.4, -0.2) is 45.8 Å². The van der Waals surface area contributed by atoms with Crippen LogP contribution in [0, 0.1) is 13.8 Å². The summed E-state index contributed by atoms with van der Waals surface area (Å²) in [5, 5.41) is 10.9. The van der Waals surface area contributed by atoms with E-state index in [1.54, 1.807) is 11.7 Å². The smallest absolute Gasteiger partial charge is 0.258 e. The fourth-order valence-corrected chi connectivity index (χ4v) is 3.70. The summed E-state index contributed by atoms with van der Waals surface area (Å²) in [5.41, 5.74) is 2.64. The molecule has 2 heterocycles. The van der Waals surface area contributed by atoms with Gasteiger partial charge in [-0.05, 0) is 38.3 Å². The van der Waals surface area contributed by atoms with Gasteiger partial charge in [-0.1, -0.05) is 19.3 Å². The molecule has 2 N–H and O–H groups in total. The molecule has 0 spiro atoms. The molecular weight excluding hydrogens is 358 g/mol. The number of fused-ring (bicyclic) bond motifs is 1. The molecule has 2 amide bonds. The fraction of sp³-hybridized carbons (Fsp3) is 0.600. The summed E-state index contributed by atoms with van der Waals surface area (Å²) in [7, 11) is 1.80. The van der Waals surface area contributed by atoms with Crippen molar-refractivity contribution < 1.29 is 14.3 Å². The number of ether oxygens (including phenoxy) is 1. The molecule has 0 radical (unpaired) electrons. The van der Waals surface area contributed by atoms with Crippen LogP contribution in [0.15, 0.2) is 6.07 Å². The third-order valence-electron chi connectivity index (χ3n) is 5.07. The summed E-state index contributed by atoms with van der Waals surface area (Å²) in [6, 6.07) is 2.25. The zero-order valence-electron chi connectivity index (χ0n) is 16.9. The molecular formula is C20H29N5O3. The molecule has 1 fully saturated rings. The van der Waals surface area contributed by atoms with Gasteiger partial charge in [-0.15, -0.1) is 5.10 Å². The molecule has 2 aromatic rings. The molecule has 8 heteroatoms. The Morgan fingerprint density at radius 3 is 2.71 bits per heavy atom. The Balaban J connectivity index is 1.44. The van der Waals surface area contributed by atoms with Gasteiger partial charge in [0, 0.05) is 31.7 Å². The molecule has 3 rings (SSSR count). The number of aromatic nitrogens is 3. The average molecular weight is 387 g/mol. The van der Waals surface area contributed by atoms with E-state index in [-0.39, 0.29) is 24.8 Å². The van der Waals surface area contributed by atoms with Crippen molar-refractivity contribution in [3.8, 4) is 5.88 Å². The van der Waals surface area contributed by atoms with Crippen LogP contribution >= 0.6 is 0 Å². The summed E-state index contributed by atoms with van der Waals surface area (Å²) in [6.07, 6.45) is 5.99. The minimum atomic E-state index is -0.276. The maximum absolute atomic E-state index is 12.1. The third kappa shape index (κ3) is 4.99. The minimum absolute atomic E-state index is 0.0130. The Labute approximate surface area is 165 Å². The van der Waals surface area contributed by atoms with Crippen molar-refractivity contribution in [1.29, 1.82) is 0 Å². The zero-order valence-corrected chi connectivity index (χ0v) is 16.9. The highest BCUT2D eigenvalue weighted by Crippen LogP contribution is 2.26. The van der Waals surface area contributed by atoms with Gasteiger partial charge in [0.1, 0.15) is 0 Å². The minimum Gasteiger partial charge on any atom is -0.466 e. The summed E-state index contributed by atoms with van der Waals surface area (Å²) in [4.78, 5) is 28.5. The van der Waals surface area contributed by atoms with E-state index in [1.165, 1.54) is 19.3 Å². The van der Waals surface area contributed by atoms with E-state index >= 15 is 0 Å². The molecule has 28 heavy (non-hydrogen) atoms. The molecule has 0 bridgehead atoms. The Morgan fingerprint density at radius 1 is 1.21 bits per heavy atom. The lowest BCUT2D eigenvalue weighted by atomic mass is 9.95. The van der Waals surface area contributed by atoms with E-state index in [1.807, 2.05) is 19.9 Å². The van der Waals surface area contributed by atoms with Crippen molar-refractivity contribution in [2.75, 3.05) is 13.2 Å². The highest BCUT2D eigenvalue weighted by atomic mass is 16.5. The molecule has 0 aromatic carbocycles. The quantitative estimate of drug-likeness (QED) is 0.756. The maximum atomic E-state index is 12.1. The van der Waals surface area contributed by atoms with Gasteiger partial charge in [0.15, 0.2) is 12.3 Å². The van der Waals surface area contributed by atoms with Gasteiger partial charge in [-0.25, -0.2) is 9.67 Å². The van der Waals surface area contributed by atoms with E-state index in [4.69, 9.17) is 4.74 Å². The first kappa shape index (κ1) is 20.1. The lowest BCUT2D eigenvalue weighted by Gasteiger charge is -2.22. The molecule has 0 unspecified atom stereocenters. The third-order valence-corrected chi connectivity index (χ3v) is 5.07. The summed E-state index contributed by atoms with van der Waals surface area (Å²) < 4.78 is 7.27. The van der Waals surface area contributed by atoms with Gasteiger partial charge in [0.25, 0.3) is 5.91 Å². The van der Waals surface area contributed by atoms with Crippen molar-refractivity contribution >= 4 is 22.8 Å². The van der Waals surface area contributed by atoms with Crippen LogP contribution in [0.25, 0.3) is 11.0 Å². The Kier molecular flexibility index (Phi) is 6.49. The van der Waals surface area contributed by atoms with Crippen molar-refractivity contribution in [2.24, 2.45) is 7.05 Å². The van der Waals surface area contributed by atoms with Crippen molar-refractivity contribution in [1.82, 2.24) is 25.4 Å². The van der Waals surface area contributed by atoms with Gasteiger partial charge in [0.2, 0.25) is 11.8 Å². The topological polar surface area (TPSA) is 98.1 Å². The summed E-state index contributed by atoms with van der Waals surface area (Å²) >= 11 is 0. The second kappa shape index (κ2) is 9.03. The fourth-order valence-electron chi connectivity index (χ4n) is 3.70. The number of nitrogens with zero attached hydrogens (tertiary/aromatic N) is 3. The molecule has 0 atom stereocenters. The number of pyridine rings is 1. The number of hydrogen-bond acceptors (Lipinski definition) is 5. The predicted octanol–water partition coefficient (Wildman–Crippen LogP) is 1.92. The van der Waals surface area contributed by atoms with Gasteiger partial charge < -0.3 is 15.4 Å². The molecule has 1 aliphatic rings. The van der Waals surface area contributed by atoms with Crippen molar-refractivity contribution in [3.05, 3.63) is 17.3 Å². The number of carbonyl (C=O) groups excluding carboxylic acids is 2. The molecule has 0 saturated heterocycles. The Morgan fingerprint density at radius 2 is 1.96 bits per heavy atom. The standard InChI is InChI=1S/C20H29N5O3/c1-13-11-14(2)22-19-18(13)20(24-25(19)3)28-12-17(27)21-10-9-16(26)23-15-7-5-4-6-8-15/h11,15H,4-10,12H2,1-3H3,(H,21,27)(H,23,26). The van der Waals surface area contributed by atoms with Gasteiger partial charge >= 0.3 is 0 Å². The number of aryl methyl sites for hydroxylation is 3. The van der Waals surface area contributed by atoms with Gasteiger partial charge in [-0.3, -0.25) is 9.59 Å². The SMILES string of the molecule is Cc1cc(C)c2c(OCC(=O)NCCC(=O)NC3CCCCC3)nn(C)c2n1. The molecule has 0 aliphatic heterocycles. The molecule has 1 aliphatic carbocycles. The number of carbonyl (C=O) groups is 2.